The number of nitrogens with two attached hydrogens (primary N) is 1. The number of halogens is 1. The molecule has 0 aromatic carbocycles. The third kappa shape index (κ3) is 1.27. The predicted molar refractivity (Wildman–Crippen MR) is 38.1 cm³/mol. The van der Waals surface area contributed by atoms with Crippen LogP contribution in [0.4, 0.5) is 10.1 Å². The molecule has 0 aliphatic heterocycles. The third-order valence-corrected chi connectivity index (χ3v) is 1.33. The van der Waals surface area contributed by atoms with Gasteiger partial charge in [-0.3, -0.25) is 0 Å². The van der Waals surface area contributed by atoms with Crippen molar-refractivity contribution in [3.8, 4) is 6.07 Å². The predicted octanol–water partition coefficient (Wildman–Crippen LogP) is 0.983. The molecule has 0 atom stereocenters. The molecule has 0 saturated heterocycles. The molecule has 2 N–H and O–H groups in total. The number of rotatable bonds is 0. The number of nitrogens with zero attached hydrogens (tertiary/aromatic N) is 2. The standard InChI is InChI=1S/C7H6FN3/c1-4-2-5(3-9)11-7(8)6(4)10/h2H,10H2,1H3. The molecule has 1 heterocycles. The lowest BCUT2D eigenvalue weighted by atomic mass is 10.2. The highest BCUT2D eigenvalue weighted by molar-refractivity contribution is 5.47. The molecule has 0 saturated carbocycles. The molecule has 3 nitrogen and oxygen atoms in total. The smallest absolute Gasteiger partial charge is 0.237 e. The van der Waals surface area contributed by atoms with Gasteiger partial charge in [-0.2, -0.15) is 9.65 Å². The first kappa shape index (κ1) is 7.48. The second-order valence-electron chi connectivity index (χ2n) is 2.14. The van der Waals surface area contributed by atoms with Crippen molar-refractivity contribution in [2.75, 3.05) is 5.73 Å². The maximum atomic E-state index is 12.6. The van der Waals surface area contributed by atoms with Crippen molar-refractivity contribution in [2.45, 2.75) is 6.92 Å². The van der Waals surface area contributed by atoms with E-state index in [0.717, 1.165) is 0 Å². The van der Waals surface area contributed by atoms with Crippen molar-refractivity contribution in [3.63, 3.8) is 0 Å². The van der Waals surface area contributed by atoms with Gasteiger partial charge in [-0.05, 0) is 18.6 Å². The Morgan fingerprint density at radius 2 is 2.36 bits per heavy atom. The molecular formula is C7H6FN3. The zero-order chi connectivity index (χ0) is 8.43. The molecule has 11 heavy (non-hydrogen) atoms. The number of hydrogen-bond acceptors (Lipinski definition) is 3. The number of nitrogen functional groups attached to an aromatic ring is 1. The fourth-order valence-electron chi connectivity index (χ4n) is 0.701. The minimum atomic E-state index is -0.776. The quantitative estimate of drug-likeness (QED) is 0.562. The SMILES string of the molecule is Cc1cc(C#N)nc(F)c1N. The van der Waals surface area contributed by atoms with Crippen LogP contribution in [0.1, 0.15) is 11.3 Å². The summed E-state index contributed by atoms with van der Waals surface area (Å²) in [6.45, 7) is 1.63. The highest BCUT2D eigenvalue weighted by Gasteiger charge is 2.04. The van der Waals surface area contributed by atoms with Crippen LogP contribution >= 0.6 is 0 Å². The average Bonchev–Trinajstić information content (AvgIpc) is 1.99. The Balaban J connectivity index is 3.35. The van der Waals surface area contributed by atoms with Gasteiger partial charge in [0.25, 0.3) is 0 Å². The van der Waals surface area contributed by atoms with Gasteiger partial charge in [0, 0.05) is 0 Å². The summed E-state index contributed by atoms with van der Waals surface area (Å²) in [5, 5.41) is 8.36. The Labute approximate surface area is 63.3 Å². The van der Waals surface area contributed by atoms with Gasteiger partial charge in [0.15, 0.2) is 0 Å². The van der Waals surface area contributed by atoms with Gasteiger partial charge in [0.05, 0.1) is 5.69 Å². The Bertz CT molecular complexity index is 304. The number of hydrogen-bond donors (Lipinski definition) is 1. The molecule has 0 bridgehead atoms. The fourth-order valence-corrected chi connectivity index (χ4v) is 0.701. The first-order valence-corrected chi connectivity index (χ1v) is 2.98. The highest BCUT2D eigenvalue weighted by atomic mass is 19.1. The monoisotopic (exact) mass is 151 g/mol. The van der Waals surface area contributed by atoms with Crippen LogP contribution in [0.25, 0.3) is 0 Å². The lowest BCUT2D eigenvalue weighted by Gasteiger charge is -1.99. The summed E-state index contributed by atoms with van der Waals surface area (Å²) in [6, 6.07) is 3.17. The zero-order valence-corrected chi connectivity index (χ0v) is 5.93. The van der Waals surface area contributed by atoms with E-state index in [1.54, 1.807) is 13.0 Å². The van der Waals surface area contributed by atoms with Crippen LogP contribution < -0.4 is 5.73 Å². The molecule has 0 unspecified atom stereocenters. The summed E-state index contributed by atoms with van der Waals surface area (Å²) >= 11 is 0. The molecule has 1 aromatic heterocycles. The van der Waals surface area contributed by atoms with Gasteiger partial charge < -0.3 is 5.73 Å². The highest BCUT2D eigenvalue weighted by Crippen LogP contribution is 2.13. The molecule has 4 heteroatoms. The Morgan fingerprint density at radius 3 is 2.82 bits per heavy atom. The van der Waals surface area contributed by atoms with Gasteiger partial charge in [0.1, 0.15) is 11.8 Å². The number of aromatic nitrogens is 1. The molecule has 0 spiro atoms. The Kier molecular flexibility index (Phi) is 1.73. The van der Waals surface area contributed by atoms with E-state index in [1.165, 1.54) is 6.07 Å². The number of pyridine rings is 1. The van der Waals surface area contributed by atoms with Crippen molar-refractivity contribution >= 4 is 5.69 Å². The molecule has 56 valence electrons. The van der Waals surface area contributed by atoms with E-state index in [0.29, 0.717) is 5.56 Å². The summed E-state index contributed by atoms with van der Waals surface area (Å²) in [5.41, 5.74) is 5.85. The molecule has 0 amide bonds. The van der Waals surface area contributed by atoms with Crippen LogP contribution in [0.15, 0.2) is 6.07 Å². The van der Waals surface area contributed by atoms with Gasteiger partial charge in [0.2, 0.25) is 5.95 Å². The van der Waals surface area contributed by atoms with Crippen molar-refractivity contribution in [1.29, 1.82) is 5.26 Å². The van der Waals surface area contributed by atoms with Gasteiger partial charge in [-0.15, -0.1) is 0 Å². The van der Waals surface area contributed by atoms with Crippen LogP contribution in [0.2, 0.25) is 0 Å². The maximum Gasteiger partial charge on any atom is 0.237 e. The van der Waals surface area contributed by atoms with Crippen molar-refractivity contribution < 1.29 is 4.39 Å². The van der Waals surface area contributed by atoms with Crippen LogP contribution in [-0.2, 0) is 0 Å². The average molecular weight is 151 g/mol. The van der Waals surface area contributed by atoms with E-state index in [4.69, 9.17) is 11.0 Å². The fraction of sp³-hybridized carbons (Fsp3) is 0.143. The molecular weight excluding hydrogens is 145 g/mol. The lowest BCUT2D eigenvalue weighted by molar-refractivity contribution is 0.586. The van der Waals surface area contributed by atoms with Crippen molar-refractivity contribution in [1.82, 2.24) is 4.98 Å². The van der Waals surface area contributed by atoms with Crippen LogP contribution in [0, 0.1) is 24.2 Å². The first-order valence-electron chi connectivity index (χ1n) is 2.98. The lowest BCUT2D eigenvalue weighted by Crippen LogP contribution is -1.99. The maximum absolute atomic E-state index is 12.6. The van der Waals surface area contributed by atoms with Gasteiger partial charge in [-0.1, -0.05) is 0 Å². The molecule has 0 fully saturated rings. The normalized spacial score (nSPS) is 9.18. The van der Waals surface area contributed by atoms with Crippen molar-refractivity contribution in [3.05, 3.63) is 23.3 Å². The van der Waals surface area contributed by atoms with E-state index < -0.39 is 5.95 Å². The largest absolute Gasteiger partial charge is 0.395 e. The van der Waals surface area contributed by atoms with E-state index in [-0.39, 0.29) is 11.4 Å². The molecule has 0 aliphatic rings. The zero-order valence-electron chi connectivity index (χ0n) is 5.93. The number of anilines is 1. The minimum absolute atomic E-state index is 0.00370. The first-order chi connectivity index (χ1) is 5.15. The van der Waals surface area contributed by atoms with E-state index in [9.17, 15) is 4.39 Å². The molecule has 0 aliphatic carbocycles. The second kappa shape index (κ2) is 2.54. The summed E-state index contributed by atoms with van der Waals surface area (Å²) in [5.74, 6) is -0.776. The van der Waals surface area contributed by atoms with Crippen LogP contribution in [0.5, 0.6) is 0 Å². The molecule has 0 radical (unpaired) electrons. The van der Waals surface area contributed by atoms with Gasteiger partial charge in [-0.25, -0.2) is 4.98 Å². The summed E-state index contributed by atoms with van der Waals surface area (Å²) in [7, 11) is 0. The Morgan fingerprint density at radius 1 is 1.73 bits per heavy atom. The number of nitriles is 1. The second-order valence-corrected chi connectivity index (χ2v) is 2.14. The van der Waals surface area contributed by atoms with Crippen LogP contribution in [0.3, 0.4) is 0 Å². The third-order valence-electron chi connectivity index (χ3n) is 1.33. The van der Waals surface area contributed by atoms with E-state index in [2.05, 4.69) is 4.98 Å². The van der Waals surface area contributed by atoms with Gasteiger partial charge >= 0.3 is 0 Å². The van der Waals surface area contributed by atoms with E-state index in [1.807, 2.05) is 0 Å². The Hall–Kier alpha value is -1.63. The number of aryl methyl sites for hydroxylation is 1. The molecule has 1 rings (SSSR count). The summed E-state index contributed by atoms with van der Waals surface area (Å²) in [6.07, 6.45) is 0. The minimum Gasteiger partial charge on any atom is -0.395 e. The van der Waals surface area contributed by atoms with Crippen molar-refractivity contribution in [2.24, 2.45) is 0 Å². The summed E-state index contributed by atoms with van der Waals surface area (Å²) in [4.78, 5) is 3.30. The summed E-state index contributed by atoms with van der Waals surface area (Å²) < 4.78 is 12.6. The van der Waals surface area contributed by atoms with Crippen LogP contribution in [-0.4, -0.2) is 4.98 Å². The van der Waals surface area contributed by atoms with E-state index >= 15 is 0 Å². The topological polar surface area (TPSA) is 62.7 Å². The molecule has 1 aromatic rings.